The molecule has 4 heterocycles. The molecule has 33 heavy (non-hydrogen) atoms. The summed E-state index contributed by atoms with van der Waals surface area (Å²) in [6, 6.07) is 12.9. The van der Waals surface area contributed by atoms with E-state index in [0.29, 0.717) is 22.9 Å². The molecule has 1 aromatic carbocycles. The quantitative estimate of drug-likeness (QED) is 0.328. The summed E-state index contributed by atoms with van der Waals surface area (Å²) in [7, 11) is 0. The van der Waals surface area contributed by atoms with Gasteiger partial charge in [-0.3, -0.25) is 15.0 Å². The minimum atomic E-state index is -0.385. The van der Waals surface area contributed by atoms with Gasteiger partial charge in [0.2, 0.25) is 0 Å². The molecular formula is C27H25ClFN3O. The first-order valence-electron chi connectivity index (χ1n) is 11.2. The number of aryl methyl sites for hydroxylation is 3. The number of aromatic nitrogens is 3. The molecule has 0 unspecified atom stereocenters. The summed E-state index contributed by atoms with van der Waals surface area (Å²) in [5.41, 5.74) is 6.89. The lowest BCUT2D eigenvalue weighted by Gasteiger charge is -2.30. The highest BCUT2D eigenvalue weighted by Crippen LogP contribution is 2.39. The molecule has 6 heteroatoms. The van der Waals surface area contributed by atoms with Crippen LogP contribution in [0.2, 0.25) is 5.02 Å². The molecule has 0 N–H and O–H groups in total. The van der Waals surface area contributed by atoms with Crippen LogP contribution in [0, 0.1) is 26.6 Å². The second kappa shape index (κ2) is 8.81. The Labute approximate surface area is 197 Å². The summed E-state index contributed by atoms with van der Waals surface area (Å²) >= 11 is 6.02. The average molecular weight is 462 g/mol. The minimum absolute atomic E-state index is 0.0219. The zero-order valence-electron chi connectivity index (χ0n) is 18.9. The fourth-order valence-electron chi connectivity index (χ4n) is 4.55. The molecule has 3 aromatic heterocycles. The van der Waals surface area contributed by atoms with Crippen molar-refractivity contribution >= 4 is 22.5 Å². The van der Waals surface area contributed by atoms with Gasteiger partial charge >= 0.3 is 0 Å². The van der Waals surface area contributed by atoms with E-state index in [2.05, 4.69) is 17.1 Å². The molecule has 1 aliphatic rings. The second-order valence-corrected chi connectivity index (χ2v) is 9.22. The molecule has 0 amide bonds. The van der Waals surface area contributed by atoms with Crippen LogP contribution in [0.25, 0.3) is 22.2 Å². The van der Waals surface area contributed by atoms with Crippen LogP contribution in [-0.2, 0) is 4.74 Å². The molecule has 1 saturated heterocycles. The molecule has 2 atom stereocenters. The van der Waals surface area contributed by atoms with E-state index >= 15 is 0 Å². The fourth-order valence-corrected chi connectivity index (χ4v) is 4.71. The first kappa shape index (κ1) is 21.9. The Morgan fingerprint density at radius 1 is 1.03 bits per heavy atom. The van der Waals surface area contributed by atoms with Crippen molar-refractivity contribution in [1.29, 1.82) is 0 Å². The number of rotatable bonds is 3. The van der Waals surface area contributed by atoms with Crippen molar-refractivity contribution in [2.45, 2.75) is 45.6 Å². The summed E-state index contributed by atoms with van der Waals surface area (Å²) < 4.78 is 21.1. The van der Waals surface area contributed by atoms with Crippen LogP contribution in [0.1, 0.15) is 53.1 Å². The molecule has 0 radical (unpaired) electrons. The molecular weight excluding hydrogens is 437 g/mol. The zero-order valence-corrected chi connectivity index (χ0v) is 19.7. The summed E-state index contributed by atoms with van der Waals surface area (Å²) in [6.45, 7) is 6.63. The van der Waals surface area contributed by atoms with Crippen molar-refractivity contribution in [2.75, 3.05) is 6.61 Å². The Hall–Kier alpha value is -2.89. The molecule has 168 valence electrons. The molecule has 0 bridgehead atoms. The normalized spacial score (nSPS) is 18.6. The van der Waals surface area contributed by atoms with Crippen molar-refractivity contribution in [3.63, 3.8) is 0 Å². The maximum absolute atomic E-state index is 15.0. The molecule has 5 rings (SSSR count). The van der Waals surface area contributed by atoms with Gasteiger partial charge < -0.3 is 4.74 Å². The Morgan fingerprint density at radius 3 is 2.67 bits per heavy atom. The predicted molar refractivity (Wildman–Crippen MR) is 129 cm³/mol. The average Bonchev–Trinajstić information content (AvgIpc) is 2.80. The lowest BCUT2D eigenvalue weighted by molar-refractivity contribution is 0.00460. The van der Waals surface area contributed by atoms with Crippen molar-refractivity contribution < 1.29 is 9.13 Å². The van der Waals surface area contributed by atoms with Crippen LogP contribution < -0.4 is 0 Å². The smallest absolute Gasteiger partial charge is 0.134 e. The van der Waals surface area contributed by atoms with Gasteiger partial charge in [-0.1, -0.05) is 11.6 Å². The number of nitrogens with zero attached hydrogens (tertiary/aromatic N) is 3. The van der Waals surface area contributed by atoms with Crippen LogP contribution >= 0.6 is 11.6 Å². The summed E-state index contributed by atoms with van der Waals surface area (Å²) in [5.74, 6) is -0.206. The van der Waals surface area contributed by atoms with Crippen LogP contribution in [0.3, 0.4) is 0 Å². The number of hydrogen-bond acceptors (Lipinski definition) is 4. The maximum Gasteiger partial charge on any atom is 0.134 e. The van der Waals surface area contributed by atoms with Gasteiger partial charge in [0.15, 0.2) is 0 Å². The topological polar surface area (TPSA) is 47.9 Å². The maximum atomic E-state index is 15.0. The van der Waals surface area contributed by atoms with E-state index in [-0.39, 0.29) is 17.8 Å². The van der Waals surface area contributed by atoms with Gasteiger partial charge in [-0.25, -0.2) is 4.39 Å². The first-order chi connectivity index (χ1) is 15.9. The molecule has 1 aliphatic heterocycles. The number of ether oxygens (including phenoxy) is 1. The molecule has 0 spiro atoms. The zero-order chi connectivity index (χ0) is 23.1. The number of hydrogen-bond donors (Lipinski definition) is 0. The van der Waals surface area contributed by atoms with Crippen molar-refractivity contribution in [1.82, 2.24) is 15.0 Å². The van der Waals surface area contributed by atoms with E-state index in [1.54, 1.807) is 12.1 Å². The van der Waals surface area contributed by atoms with E-state index in [1.807, 2.05) is 39.1 Å². The number of pyridine rings is 3. The third-order valence-electron chi connectivity index (χ3n) is 6.46. The fraction of sp³-hybridized carbons (Fsp3) is 0.296. The summed E-state index contributed by atoms with van der Waals surface area (Å²) in [6.07, 6.45) is 3.45. The van der Waals surface area contributed by atoms with Crippen molar-refractivity contribution in [3.8, 4) is 11.3 Å². The van der Waals surface area contributed by atoms with Crippen LogP contribution in [-0.4, -0.2) is 21.6 Å². The van der Waals surface area contributed by atoms with Gasteiger partial charge in [0.1, 0.15) is 5.82 Å². The highest BCUT2D eigenvalue weighted by atomic mass is 35.5. The first-order valence-corrected chi connectivity index (χ1v) is 11.6. The summed E-state index contributed by atoms with van der Waals surface area (Å²) in [5, 5.41) is 1.21. The summed E-state index contributed by atoms with van der Waals surface area (Å²) in [4.78, 5) is 14.1. The Morgan fingerprint density at radius 2 is 1.88 bits per heavy atom. The van der Waals surface area contributed by atoms with E-state index in [1.165, 1.54) is 6.07 Å². The van der Waals surface area contributed by atoms with E-state index in [4.69, 9.17) is 26.3 Å². The van der Waals surface area contributed by atoms with Gasteiger partial charge in [0.25, 0.3) is 0 Å². The molecule has 0 aliphatic carbocycles. The van der Waals surface area contributed by atoms with E-state index in [0.717, 1.165) is 52.0 Å². The lowest BCUT2D eigenvalue weighted by atomic mass is 9.88. The van der Waals surface area contributed by atoms with Crippen LogP contribution in [0.4, 0.5) is 4.39 Å². The molecule has 4 aromatic rings. The minimum Gasteiger partial charge on any atom is -0.373 e. The largest absolute Gasteiger partial charge is 0.373 e. The van der Waals surface area contributed by atoms with Gasteiger partial charge in [0, 0.05) is 51.8 Å². The SMILES string of the molecule is Cc1cc([C@H]2C[C@@H](c3cc4nc(C)c(C)cc4c(-c4ccc(Cl)cc4F)n3)CCO2)ccn1. The third kappa shape index (κ3) is 4.35. The Balaban J connectivity index is 1.62. The van der Waals surface area contributed by atoms with Crippen molar-refractivity contribution in [3.05, 3.63) is 87.7 Å². The molecule has 0 saturated carbocycles. The Bertz CT molecular complexity index is 1360. The van der Waals surface area contributed by atoms with Crippen LogP contribution in [0.15, 0.2) is 48.7 Å². The molecule has 4 nitrogen and oxygen atoms in total. The number of halogens is 2. The standard InChI is InChI=1S/C27H25ClFN3O/c1-15-10-22-25(31-17(15)3)14-24(32-27(22)21-5-4-20(28)13-23(21)29)18-7-9-33-26(12-18)19-6-8-30-16(2)11-19/h4-6,8,10-11,13-14,18,26H,7,9,12H2,1-3H3/t18-,26+/m0/s1. The molecule has 1 fully saturated rings. The monoisotopic (exact) mass is 461 g/mol. The predicted octanol–water partition coefficient (Wildman–Crippen LogP) is 7.04. The van der Waals surface area contributed by atoms with E-state index in [9.17, 15) is 4.39 Å². The Kier molecular flexibility index (Phi) is 5.85. The second-order valence-electron chi connectivity index (χ2n) is 8.79. The van der Waals surface area contributed by atoms with Gasteiger partial charge in [-0.2, -0.15) is 0 Å². The lowest BCUT2D eigenvalue weighted by Crippen LogP contribution is -2.20. The van der Waals surface area contributed by atoms with E-state index < -0.39 is 0 Å². The van der Waals surface area contributed by atoms with Gasteiger partial charge in [-0.05, 0) is 87.2 Å². The highest BCUT2D eigenvalue weighted by Gasteiger charge is 2.27. The van der Waals surface area contributed by atoms with Gasteiger partial charge in [0.05, 0.1) is 17.3 Å². The highest BCUT2D eigenvalue weighted by molar-refractivity contribution is 6.30. The van der Waals surface area contributed by atoms with Crippen molar-refractivity contribution in [2.24, 2.45) is 0 Å². The third-order valence-corrected chi connectivity index (χ3v) is 6.69. The van der Waals surface area contributed by atoms with Gasteiger partial charge in [-0.15, -0.1) is 0 Å². The number of benzene rings is 1. The van der Waals surface area contributed by atoms with Crippen LogP contribution in [0.5, 0.6) is 0 Å². The number of fused-ring (bicyclic) bond motifs is 1.